The molecule has 0 aromatic heterocycles. The molecule has 9 heavy (non-hydrogen) atoms. The molecule has 0 aromatic rings. The largest absolute Gasteiger partial charge is 0.466 e. The molecule has 1 unspecified atom stereocenters. The van der Waals surface area contributed by atoms with E-state index in [0.717, 1.165) is 11.5 Å². The van der Waals surface area contributed by atoms with Crippen molar-refractivity contribution < 1.29 is 4.74 Å². The molecule has 0 amide bonds. The van der Waals surface area contributed by atoms with Gasteiger partial charge in [0, 0.05) is 5.92 Å². The summed E-state index contributed by atoms with van der Waals surface area (Å²) in [5.74, 6) is 2.32. The molecule has 0 aromatic carbocycles. The summed E-state index contributed by atoms with van der Waals surface area (Å²) in [6.07, 6.45) is 0. The molecule has 1 heteroatoms. The summed E-state index contributed by atoms with van der Waals surface area (Å²) in [6.45, 7) is 9.94. The van der Waals surface area contributed by atoms with Gasteiger partial charge in [-0.1, -0.05) is 13.5 Å². The van der Waals surface area contributed by atoms with Gasteiger partial charge in [-0.15, -0.1) is 0 Å². The van der Waals surface area contributed by atoms with Gasteiger partial charge in [-0.05, 0) is 19.4 Å². The summed E-state index contributed by atoms with van der Waals surface area (Å²) in [5.41, 5.74) is 1.31. The van der Waals surface area contributed by atoms with Gasteiger partial charge in [-0.25, -0.2) is 0 Å². The zero-order valence-corrected chi connectivity index (χ0v) is 6.19. The van der Waals surface area contributed by atoms with Crippen molar-refractivity contribution in [3.63, 3.8) is 0 Å². The first-order valence-corrected chi connectivity index (χ1v) is 3.17. The van der Waals surface area contributed by atoms with E-state index < -0.39 is 0 Å². The lowest BCUT2D eigenvalue weighted by atomic mass is 10.0. The minimum absolute atomic E-state index is 0.421. The van der Waals surface area contributed by atoms with Crippen molar-refractivity contribution in [1.82, 2.24) is 0 Å². The third-order valence-corrected chi connectivity index (χ3v) is 1.97. The molecule has 0 N–H and O–H groups in total. The zero-order valence-electron chi connectivity index (χ0n) is 6.19. The number of hydrogen-bond acceptors (Lipinski definition) is 1. The third-order valence-electron chi connectivity index (χ3n) is 1.97. The predicted molar refractivity (Wildman–Crippen MR) is 37.8 cm³/mol. The van der Waals surface area contributed by atoms with Gasteiger partial charge >= 0.3 is 0 Å². The smallest absolute Gasteiger partial charge is 0.103 e. The van der Waals surface area contributed by atoms with Crippen molar-refractivity contribution in [1.29, 1.82) is 0 Å². The van der Waals surface area contributed by atoms with Crippen molar-refractivity contribution in [2.24, 2.45) is 5.92 Å². The molecule has 1 atom stereocenters. The van der Waals surface area contributed by atoms with Crippen LogP contribution in [0.3, 0.4) is 0 Å². The quantitative estimate of drug-likeness (QED) is 0.482. The molecule has 1 heterocycles. The lowest BCUT2D eigenvalue weighted by Gasteiger charge is -2.00. The minimum atomic E-state index is 0.421. The van der Waals surface area contributed by atoms with E-state index in [2.05, 4.69) is 20.4 Å². The predicted octanol–water partition coefficient (Wildman–Crippen LogP) is 2.46. The fraction of sp³-hybridized carbons (Fsp3) is 0.500. The Morgan fingerprint density at radius 3 is 2.11 bits per heavy atom. The Labute approximate surface area is 56.0 Å². The molecule has 1 nitrogen and oxygen atoms in total. The van der Waals surface area contributed by atoms with E-state index in [1.165, 1.54) is 5.57 Å². The van der Waals surface area contributed by atoms with Gasteiger partial charge < -0.3 is 4.74 Å². The topological polar surface area (TPSA) is 9.23 Å². The first-order valence-electron chi connectivity index (χ1n) is 3.17. The third kappa shape index (κ3) is 0.869. The van der Waals surface area contributed by atoms with Crippen molar-refractivity contribution in [3.05, 3.63) is 23.7 Å². The van der Waals surface area contributed by atoms with Crippen molar-refractivity contribution in [2.45, 2.75) is 20.8 Å². The molecular formula is C8H12O. The molecular weight excluding hydrogens is 112 g/mol. The SMILES string of the molecule is C=C1OC(C)=C(C)C1C. The van der Waals surface area contributed by atoms with Gasteiger partial charge in [-0.2, -0.15) is 0 Å². The molecule has 0 radical (unpaired) electrons. The average molecular weight is 124 g/mol. The van der Waals surface area contributed by atoms with Crippen molar-refractivity contribution in [2.75, 3.05) is 0 Å². The first-order chi connectivity index (χ1) is 4.13. The van der Waals surface area contributed by atoms with E-state index in [1.54, 1.807) is 0 Å². The van der Waals surface area contributed by atoms with Crippen LogP contribution in [0.2, 0.25) is 0 Å². The number of hydrogen-bond donors (Lipinski definition) is 0. The highest BCUT2D eigenvalue weighted by atomic mass is 16.5. The van der Waals surface area contributed by atoms with E-state index in [-0.39, 0.29) is 0 Å². The molecule has 0 aliphatic carbocycles. The highest BCUT2D eigenvalue weighted by molar-refractivity contribution is 5.22. The number of rotatable bonds is 0. The molecule has 0 bridgehead atoms. The summed E-state index contributed by atoms with van der Waals surface area (Å²) in [4.78, 5) is 0. The van der Waals surface area contributed by atoms with Gasteiger partial charge in [0.1, 0.15) is 11.5 Å². The monoisotopic (exact) mass is 124 g/mol. The molecule has 0 saturated heterocycles. The van der Waals surface area contributed by atoms with Crippen LogP contribution in [0.25, 0.3) is 0 Å². The maximum atomic E-state index is 5.27. The van der Waals surface area contributed by atoms with Crippen LogP contribution in [-0.4, -0.2) is 0 Å². The standard InChI is InChI=1S/C8H12O/c1-5-6(2)8(4)9-7(5)3/h5H,3H2,1-2,4H3. The molecule has 1 aliphatic rings. The first kappa shape index (κ1) is 6.40. The Kier molecular flexibility index (Phi) is 1.35. The van der Waals surface area contributed by atoms with E-state index in [9.17, 15) is 0 Å². The van der Waals surface area contributed by atoms with Crippen molar-refractivity contribution in [3.8, 4) is 0 Å². The second-order valence-electron chi connectivity index (χ2n) is 2.53. The fourth-order valence-corrected chi connectivity index (χ4v) is 0.912. The Morgan fingerprint density at radius 2 is 2.00 bits per heavy atom. The van der Waals surface area contributed by atoms with Gasteiger partial charge in [0.05, 0.1) is 0 Å². The molecule has 1 rings (SSSR count). The molecule has 0 spiro atoms. The van der Waals surface area contributed by atoms with Crippen molar-refractivity contribution >= 4 is 0 Å². The summed E-state index contributed by atoms with van der Waals surface area (Å²) in [5, 5.41) is 0. The van der Waals surface area contributed by atoms with Gasteiger partial charge in [0.25, 0.3) is 0 Å². The fourth-order valence-electron chi connectivity index (χ4n) is 0.912. The Balaban J connectivity index is 2.87. The zero-order chi connectivity index (χ0) is 7.02. The van der Waals surface area contributed by atoms with Gasteiger partial charge in [-0.3, -0.25) is 0 Å². The van der Waals surface area contributed by atoms with E-state index in [4.69, 9.17) is 4.74 Å². The molecule has 0 fully saturated rings. The number of ether oxygens (including phenoxy) is 1. The lowest BCUT2D eigenvalue weighted by Crippen LogP contribution is -1.91. The van der Waals surface area contributed by atoms with E-state index in [0.29, 0.717) is 5.92 Å². The van der Waals surface area contributed by atoms with Crippen LogP contribution in [0, 0.1) is 5.92 Å². The number of allylic oxidation sites excluding steroid dienone is 2. The average Bonchev–Trinajstić information content (AvgIpc) is 1.98. The Morgan fingerprint density at radius 1 is 1.44 bits per heavy atom. The van der Waals surface area contributed by atoms with Crippen LogP contribution in [0.5, 0.6) is 0 Å². The lowest BCUT2D eigenvalue weighted by molar-refractivity contribution is 0.312. The molecule has 1 aliphatic heterocycles. The Bertz CT molecular complexity index is 177. The second kappa shape index (κ2) is 1.90. The maximum Gasteiger partial charge on any atom is 0.103 e. The molecule has 50 valence electrons. The van der Waals surface area contributed by atoms with Crippen LogP contribution in [0.15, 0.2) is 23.7 Å². The highest BCUT2D eigenvalue weighted by Crippen LogP contribution is 2.31. The molecule has 0 saturated carbocycles. The summed E-state index contributed by atoms with van der Waals surface area (Å²) < 4.78 is 5.27. The van der Waals surface area contributed by atoms with Crippen LogP contribution in [0.4, 0.5) is 0 Å². The normalized spacial score (nSPS) is 27.0. The van der Waals surface area contributed by atoms with E-state index >= 15 is 0 Å². The van der Waals surface area contributed by atoms with E-state index in [1.807, 2.05) is 6.92 Å². The van der Waals surface area contributed by atoms with Crippen LogP contribution >= 0.6 is 0 Å². The highest BCUT2D eigenvalue weighted by Gasteiger charge is 2.20. The van der Waals surface area contributed by atoms with Gasteiger partial charge in [0.15, 0.2) is 0 Å². The van der Waals surface area contributed by atoms with Crippen LogP contribution < -0.4 is 0 Å². The van der Waals surface area contributed by atoms with Gasteiger partial charge in [0.2, 0.25) is 0 Å². The summed E-state index contributed by atoms with van der Waals surface area (Å²) >= 11 is 0. The summed E-state index contributed by atoms with van der Waals surface area (Å²) in [6, 6.07) is 0. The Hall–Kier alpha value is -0.720. The van der Waals surface area contributed by atoms with Crippen LogP contribution in [0.1, 0.15) is 20.8 Å². The maximum absolute atomic E-state index is 5.27. The summed E-state index contributed by atoms with van der Waals surface area (Å²) in [7, 11) is 0. The second-order valence-corrected chi connectivity index (χ2v) is 2.53. The minimum Gasteiger partial charge on any atom is -0.466 e. The van der Waals surface area contributed by atoms with Crippen LogP contribution in [-0.2, 0) is 4.74 Å².